The second-order valence-electron chi connectivity index (χ2n) is 5.26. The third-order valence-corrected chi connectivity index (χ3v) is 4.30. The van der Waals surface area contributed by atoms with Gasteiger partial charge >= 0.3 is 5.97 Å². The summed E-state index contributed by atoms with van der Waals surface area (Å²) in [5.41, 5.74) is 0.700. The highest BCUT2D eigenvalue weighted by atomic mass is 79.9. The summed E-state index contributed by atoms with van der Waals surface area (Å²) in [6, 6.07) is 7.47. The summed E-state index contributed by atoms with van der Waals surface area (Å²) in [6.07, 6.45) is 3.16. The van der Waals surface area contributed by atoms with E-state index >= 15 is 0 Å². The highest BCUT2D eigenvalue weighted by Crippen LogP contribution is 2.31. The van der Waals surface area contributed by atoms with E-state index in [0.29, 0.717) is 11.5 Å². The zero-order valence-corrected chi connectivity index (χ0v) is 14.1. The molecular weight excluding hydrogens is 364 g/mol. The van der Waals surface area contributed by atoms with Crippen LogP contribution in [0.3, 0.4) is 0 Å². The van der Waals surface area contributed by atoms with Gasteiger partial charge in [-0.1, -0.05) is 12.1 Å². The van der Waals surface area contributed by atoms with E-state index in [0.717, 1.165) is 17.3 Å². The standard InChI is InChI=1S/C16H15BrN2O4/c1-22-16(21)13-9-23-14(18-13)8-19(10-6-7-10)15(20)11-4-2-3-5-12(11)17/h2-5,9-10H,6-8H2,1H3. The van der Waals surface area contributed by atoms with E-state index in [2.05, 4.69) is 25.7 Å². The Labute approximate surface area is 141 Å². The maximum Gasteiger partial charge on any atom is 0.360 e. The lowest BCUT2D eigenvalue weighted by atomic mass is 10.2. The first-order valence-electron chi connectivity index (χ1n) is 7.18. The Kier molecular flexibility index (Phi) is 4.47. The molecule has 1 aromatic heterocycles. The van der Waals surface area contributed by atoms with Crippen LogP contribution in [-0.2, 0) is 11.3 Å². The number of benzene rings is 1. The first-order chi connectivity index (χ1) is 11.1. The molecule has 1 aliphatic carbocycles. The van der Waals surface area contributed by atoms with E-state index in [1.165, 1.54) is 13.4 Å². The topological polar surface area (TPSA) is 72.6 Å². The first-order valence-corrected chi connectivity index (χ1v) is 7.97. The smallest absolute Gasteiger partial charge is 0.360 e. The minimum Gasteiger partial charge on any atom is -0.464 e. The number of oxazole rings is 1. The van der Waals surface area contributed by atoms with Crippen molar-refractivity contribution in [3.05, 3.63) is 52.1 Å². The second-order valence-corrected chi connectivity index (χ2v) is 6.12. The molecule has 0 atom stereocenters. The lowest BCUT2D eigenvalue weighted by Gasteiger charge is -2.21. The number of rotatable bonds is 5. The molecule has 1 fully saturated rings. The zero-order chi connectivity index (χ0) is 16.4. The molecule has 120 valence electrons. The number of amides is 1. The molecule has 0 saturated heterocycles. The Morgan fingerprint density at radius 3 is 2.78 bits per heavy atom. The highest BCUT2D eigenvalue weighted by molar-refractivity contribution is 9.10. The van der Waals surface area contributed by atoms with E-state index in [-0.39, 0.29) is 24.2 Å². The molecule has 3 rings (SSSR count). The summed E-state index contributed by atoms with van der Waals surface area (Å²) in [6.45, 7) is 0.224. The summed E-state index contributed by atoms with van der Waals surface area (Å²) >= 11 is 3.40. The van der Waals surface area contributed by atoms with Crippen LogP contribution < -0.4 is 0 Å². The van der Waals surface area contributed by atoms with Gasteiger partial charge in [-0.2, -0.15) is 0 Å². The van der Waals surface area contributed by atoms with Crippen LogP contribution in [0.4, 0.5) is 0 Å². The normalized spacial score (nSPS) is 13.7. The number of aromatic nitrogens is 1. The number of hydrogen-bond donors (Lipinski definition) is 0. The van der Waals surface area contributed by atoms with Gasteiger partial charge in [-0.15, -0.1) is 0 Å². The van der Waals surface area contributed by atoms with Gasteiger partial charge < -0.3 is 14.1 Å². The molecule has 23 heavy (non-hydrogen) atoms. The van der Waals surface area contributed by atoms with Crippen molar-refractivity contribution in [2.45, 2.75) is 25.4 Å². The van der Waals surface area contributed by atoms with Gasteiger partial charge in [0.2, 0.25) is 5.89 Å². The summed E-state index contributed by atoms with van der Waals surface area (Å²) in [7, 11) is 1.28. The number of nitrogens with zero attached hydrogens (tertiary/aromatic N) is 2. The van der Waals surface area contributed by atoms with E-state index in [9.17, 15) is 9.59 Å². The van der Waals surface area contributed by atoms with Crippen molar-refractivity contribution >= 4 is 27.8 Å². The monoisotopic (exact) mass is 378 g/mol. The Bertz CT molecular complexity index is 739. The van der Waals surface area contributed by atoms with Crippen molar-refractivity contribution in [1.29, 1.82) is 0 Å². The minimum atomic E-state index is -0.560. The Hall–Kier alpha value is -2.15. The average molecular weight is 379 g/mol. The van der Waals surface area contributed by atoms with E-state index in [1.54, 1.807) is 11.0 Å². The maximum absolute atomic E-state index is 12.8. The number of carbonyl (C=O) groups is 2. The van der Waals surface area contributed by atoms with Gasteiger partial charge in [0.05, 0.1) is 19.2 Å². The van der Waals surface area contributed by atoms with Gasteiger partial charge in [0, 0.05) is 10.5 Å². The fourth-order valence-corrected chi connectivity index (χ4v) is 2.72. The number of halogens is 1. The van der Waals surface area contributed by atoms with Crippen LogP contribution in [0.25, 0.3) is 0 Å². The van der Waals surface area contributed by atoms with Crippen LogP contribution in [0.15, 0.2) is 39.4 Å². The largest absolute Gasteiger partial charge is 0.464 e. The van der Waals surface area contributed by atoms with Gasteiger partial charge in [-0.25, -0.2) is 9.78 Å². The lowest BCUT2D eigenvalue weighted by molar-refractivity contribution is 0.0594. The number of hydrogen-bond acceptors (Lipinski definition) is 5. The van der Waals surface area contributed by atoms with E-state index in [4.69, 9.17) is 4.42 Å². The number of carbonyl (C=O) groups excluding carboxylic acids is 2. The molecule has 1 saturated carbocycles. The van der Waals surface area contributed by atoms with Gasteiger partial charge in [-0.05, 0) is 40.9 Å². The lowest BCUT2D eigenvalue weighted by Crippen LogP contribution is -2.33. The number of esters is 1. The second kappa shape index (κ2) is 6.54. The molecule has 0 bridgehead atoms. The van der Waals surface area contributed by atoms with Crippen LogP contribution in [0.1, 0.15) is 39.6 Å². The van der Waals surface area contributed by atoms with Crippen molar-refractivity contribution < 1.29 is 18.7 Å². The molecule has 1 aromatic carbocycles. The van der Waals surface area contributed by atoms with Crippen LogP contribution in [0, 0.1) is 0 Å². The Morgan fingerprint density at radius 2 is 2.13 bits per heavy atom. The van der Waals surface area contributed by atoms with Crippen LogP contribution >= 0.6 is 15.9 Å². The van der Waals surface area contributed by atoms with Gasteiger partial charge in [-0.3, -0.25) is 4.79 Å². The molecule has 6 nitrogen and oxygen atoms in total. The van der Waals surface area contributed by atoms with Crippen LogP contribution in [-0.4, -0.2) is 34.9 Å². The Morgan fingerprint density at radius 1 is 1.39 bits per heavy atom. The SMILES string of the molecule is COC(=O)c1coc(CN(C(=O)c2ccccc2Br)C2CC2)n1. The molecule has 7 heteroatoms. The van der Waals surface area contributed by atoms with Gasteiger partial charge in [0.25, 0.3) is 5.91 Å². The minimum absolute atomic E-state index is 0.0854. The molecule has 0 N–H and O–H groups in total. The van der Waals surface area contributed by atoms with Crippen molar-refractivity contribution in [1.82, 2.24) is 9.88 Å². The van der Waals surface area contributed by atoms with E-state index in [1.807, 2.05) is 18.2 Å². The predicted octanol–water partition coefficient (Wildman–Crippen LogP) is 3.03. The van der Waals surface area contributed by atoms with E-state index < -0.39 is 5.97 Å². The molecule has 2 aromatic rings. The molecule has 0 aliphatic heterocycles. The zero-order valence-electron chi connectivity index (χ0n) is 12.5. The third kappa shape index (κ3) is 3.44. The summed E-state index contributed by atoms with van der Waals surface area (Å²) in [5.74, 6) is -0.328. The first kappa shape index (κ1) is 15.7. The fraction of sp³-hybridized carbons (Fsp3) is 0.312. The molecule has 1 amide bonds. The maximum atomic E-state index is 12.8. The Balaban J connectivity index is 1.80. The summed E-state index contributed by atoms with van der Waals surface area (Å²) in [5, 5.41) is 0. The van der Waals surface area contributed by atoms with Crippen LogP contribution in [0.2, 0.25) is 0 Å². The fourth-order valence-electron chi connectivity index (χ4n) is 2.27. The van der Waals surface area contributed by atoms with Crippen molar-refractivity contribution in [3.8, 4) is 0 Å². The summed E-state index contributed by atoms with van der Waals surface area (Å²) in [4.78, 5) is 30.0. The average Bonchev–Trinajstić information content (AvgIpc) is 3.30. The number of methoxy groups -OCH3 is 1. The molecule has 0 unspecified atom stereocenters. The van der Waals surface area contributed by atoms with Crippen molar-refractivity contribution in [2.24, 2.45) is 0 Å². The molecular formula is C16H15BrN2O4. The quantitative estimate of drug-likeness (QED) is 0.747. The highest BCUT2D eigenvalue weighted by Gasteiger charge is 2.34. The summed E-state index contributed by atoms with van der Waals surface area (Å²) < 4.78 is 10.6. The molecule has 0 radical (unpaired) electrons. The molecule has 1 heterocycles. The molecule has 1 aliphatic rings. The van der Waals surface area contributed by atoms with Crippen molar-refractivity contribution in [3.63, 3.8) is 0 Å². The third-order valence-electron chi connectivity index (χ3n) is 3.60. The van der Waals surface area contributed by atoms with Crippen LogP contribution in [0.5, 0.6) is 0 Å². The van der Waals surface area contributed by atoms with Gasteiger partial charge in [0.15, 0.2) is 5.69 Å². The van der Waals surface area contributed by atoms with Gasteiger partial charge in [0.1, 0.15) is 6.26 Å². The van der Waals surface area contributed by atoms with Crippen molar-refractivity contribution in [2.75, 3.05) is 7.11 Å². The predicted molar refractivity (Wildman–Crippen MR) is 84.9 cm³/mol. The molecule has 0 spiro atoms. The number of ether oxygens (including phenoxy) is 1.